The van der Waals surface area contributed by atoms with Gasteiger partial charge in [-0.05, 0) is 43.5 Å². The van der Waals surface area contributed by atoms with Gasteiger partial charge in [-0.3, -0.25) is 14.5 Å². The highest BCUT2D eigenvalue weighted by Gasteiger charge is 2.38. The van der Waals surface area contributed by atoms with Crippen LogP contribution in [0.1, 0.15) is 35.2 Å². The fourth-order valence-electron chi connectivity index (χ4n) is 4.06. The Hall–Kier alpha value is -2.12. The summed E-state index contributed by atoms with van der Waals surface area (Å²) in [6.45, 7) is 2.04. The quantitative estimate of drug-likeness (QED) is 0.772. The second kappa shape index (κ2) is 7.63. The summed E-state index contributed by atoms with van der Waals surface area (Å²) in [6.07, 6.45) is 3.11. The predicted molar refractivity (Wildman–Crippen MR) is 98.1 cm³/mol. The van der Waals surface area contributed by atoms with E-state index in [1.54, 1.807) is 6.07 Å². The van der Waals surface area contributed by atoms with Gasteiger partial charge in [0.25, 0.3) is 5.91 Å². The summed E-state index contributed by atoms with van der Waals surface area (Å²) in [6, 6.07) is 7.47. The molecule has 4 rings (SSSR count). The first kappa shape index (κ1) is 18.7. The van der Waals surface area contributed by atoms with Gasteiger partial charge in [-0.1, -0.05) is 12.1 Å². The number of hydrogen-bond donors (Lipinski definition) is 2. The van der Waals surface area contributed by atoms with Crippen LogP contribution < -0.4 is 10.6 Å². The molecule has 4 amide bonds. The lowest BCUT2D eigenvalue weighted by molar-refractivity contribution is -0.125. The Labute approximate surface area is 158 Å². The van der Waals surface area contributed by atoms with Gasteiger partial charge in [0.05, 0.1) is 13.1 Å². The van der Waals surface area contributed by atoms with Gasteiger partial charge in [0.15, 0.2) is 0 Å². The van der Waals surface area contributed by atoms with E-state index in [2.05, 4.69) is 10.6 Å². The van der Waals surface area contributed by atoms with Crippen molar-refractivity contribution in [1.82, 2.24) is 20.4 Å². The maximum absolute atomic E-state index is 13.1. The van der Waals surface area contributed by atoms with Gasteiger partial charge in [0, 0.05) is 24.2 Å². The summed E-state index contributed by atoms with van der Waals surface area (Å²) in [5.41, 5.74) is 1.42. The lowest BCUT2D eigenvalue weighted by Gasteiger charge is -2.28. The van der Waals surface area contributed by atoms with Crippen LogP contribution in [-0.2, 0) is 11.3 Å². The molecule has 2 N–H and O–H groups in total. The third-order valence-corrected chi connectivity index (χ3v) is 5.34. The molecule has 3 heterocycles. The Kier molecular flexibility index (Phi) is 5.48. The molecule has 140 valence electrons. The lowest BCUT2D eigenvalue weighted by Crippen LogP contribution is -2.42. The number of amides is 4. The van der Waals surface area contributed by atoms with Gasteiger partial charge in [0.1, 0.15) is 0 Å². The molecule has 0 aromatic heterocycles. The molecule has 0 saturated carbocycles. The fourth-order valence-corrected chi connectivity index (χ4v) is 4.06. The second-order valence-electron chi connectivity index (χ2n) is 6.93. The van der Waals surface area contributed by atoms with E-state index < -0.39 is 0 Å². The van der Waals surface area contributed by atoms with Crippen molar-refractivity contribution in [2.45, 2.75) is 37.9 Å². The highest BCUT2D eigenvalue weighted by Crippen LogP contribution is 2.29. The average molecular weight is 379 g/mol. The van der Waals surface area contributed by atoms with E-state index in [4.69, 9.17) is 0 Å². The lowest BCUT2D eigenvalue weighted by atomic mass is 10.1. The van der Waals surface area contributed by atoms with E-state index in [1.165, 1.54) is 4.90 Å². The van der Waals surface area contributed by atoms with E-state index in [0.29, 0.717) is 11.6 Å². The standard InChI is InChI=1S/C18H22N4O3.ClH/c23-16-10-20-18(25)21(16)11-12-2-1-3-13(8-12)17(24)22-14-4-5-15(22)9-19-7-6-14;/h1-3,8,14-15,19H,4-7,9-11H2,(H,20,25);1H. The van der Waals surface area contributed by atoms with Crippen LogP contribution in [0.2, 0.25) is 0 Å². The highest BCUT2D eigenvalue weighted by atomic mass is 35.5. The summed E-state index contributed by atoms with van der Waals surface area (Å²) in [7, 11) is 0. The topological polar surface area (TPSA) is 81.8 Å². The van der Waals surface area contributed by atoms with Crippen LogP contribution in [0, 0.1) is 0 Å². The van der Waals surface area contributed by atoms with Gasteiger partial charge < -0.3 is 15.5 Å². The van der Waals surface area contributed by atoms with Crippen molar-refractivity contribution < 1.29 is 14.4 Å². The second-order valence-corrected chi connectivity index (χ2v) is 6.93. The first-order chi connectivity index (χ1) is 12.1. The molecule has 0 spiro atoms. The number of imide groups is 1. The van der Waals surface area contributed by atoms with Crippen molar-refractivity contribution in [3.63, 3.8) is 0 Å². The number of benzene rings is 1. The van der Waals surface area contributed by atoms with E-state index >= 15 is 0 Å². The number of nitrogens with zero attached hydrogens (tertiary/aromatic N) is 2. The molecule has 3 saturated heterocycles. The Bertz CT molecular complexity index is 696. The van der Waals surface area contributed by atoms with Crippen LogP contribution in [0.3, 0.4) is 0 Å². The molecule has 0 radical (unpaired) electrons. The predicted octanol–water partition coefficient (Wildman–Crippen LogP) is 1.13. The van der Waals surface area contributed by atoms with Crippen molar-refractivity contribution in [2.24, 2.45) is 0 Å². The van der Waals surface area contributed by atoms with E-state index in [-0.39, 0.29) is 49.4 Å². The minimum Gasteiger partial charge on any atom is -0.331 e. The van der Waals surface area contributed by atoms with Crippen molar-refractivity contribution >= 4 is 30.3 Å². The van der Waals surface area contributed by atoms with Crippen LogP contribution in [0.15, 0.2) is 24.3 Å². The largest absolute Gasteiger partial charge is 0.331 e. The SMILES string of the molecule is Cl.O=C1CNC(=O)N1Cc1cccc(C(=O)N2C3CCNCC2CC3)c1. The Morgan fingerprint density at radius 2 is 1.96 bits per heavy atom. The number of halogens is 1. The van der Waals surface area contributed by atoms with E-state index in [1.807, 2.05) is 23.1 Å². The number of rotatable bonds is 3. The monoisotopic (exact) mass is 378 g/mol. The Balaban J connectivity index is 0.00000196. The summed E-state index contributed by atoms with van der Waals surface area (Å²) in [4.78, 5) is 39.7. The first-order valence-corrected chi connectivity index (χ1v) is 8.84. The first-order valence-electron chi connectivity index (χ1n) is 8.84. The van der Waals surface area contributed by atoms with Crippen molar-refractivity contribution in [3.8, 4) is 0 Å². The third-order valence-electron chi connectivity index (χ3n) is 5.34. The maximum atomic E-state index is 13.1. The zero-order valence-corrected chi connectivity index (χ0v) is 15.3. The van der Waals surface area contributed by atoms with Crippen LogP contribution in [0.4, 0.5) is 4.79 Å². The molecule has 1 aromatic carbocycles. The summed E-state index contributed by atoms with van der Waals surface area (Å²) >= 11 is 0. The van der Waals surface area contributed by atoms with Crippen molar-refractivity contribution in [3.05, 3.63) is 35.4 Å². The van der Waals surface area contributed by atoms with Crippen molar-refractivity contribution in [1.29, 1.82) is 0 Å². The highest BCUT2D eigenvalue weighted by molar-refractivity contribution is 6.02. The molecular formula is C18H23ClN4O3. The smallest absolute Gasteiger partial charge is 0.324 e. The molecule has 7 nitrogen and oxygen atoms in total. The van der Waals surface area contributed by atoms with Gasteiger partial charge in [0.2, 0.25) is 5.91 Å². The average Bonchev–Trinajstić information content (AvgIpc) is 3.06. The molecular weight excluding hydrogens is 356 g/mol. The van der Waals surface area contributed by atoms with Crippen LogP contribution >= 0.6 is 12.4 Å². The zero-order chi connectivity index (χ0) is 17.4. The van der Waals surface area contributed by atoms with Gasteiger partial charge in [-0.15, -0.1) is 12.4 Å². The molecule has 2 atom stereocenters. The number of carbonyl (C=O) groups excluding carboxylic acids is 3. The van der Waals surface area contributed by atoms with Gasteiger partial charge in [-0.2, -0.15) is 0 Å². The number of carbonyl (C=O) groups is 3. The summed E-state index contributed by atoms with van der Waals surface area (Å²) < 4.78 is 0. The van der Waals surface area contributed by atoms with E-state index in [0.717, 1.165) is 37.9 Å². The minimum atomic E-state index is -0.377. The van der Waals surface area contributed by atoms with Crippen LogP contribution in [0.5, 0.6) is 0 Å². The summed E-state index contributed by atoms with van der Waals surface area (Å²) in [5.74, 6) is -0.186. The number of hydrogen-bond acceptors (Lipinski definition) is 4. The fraction of sp³-hybridized carbons (Fsp3) is 0.500. The maximum Gasteiger partial charge on any atom is 0.324 e. The normalized spacial score (nSPS) is 24.9. The third kappa shape index (κ3) is 3.41. The molecule has 1 aromatic rings. The molecule has 3 aliphatic rings. The molecule has 0 aliphatic carbocycles. The molecule has 8 heteroatoms. The number of urea groups is 1. The minimum absolute atomic E-state index is 0. The van der Waals surface area contributed by atoms with Gasteiger partial charge >= 0.3 is 6.03 Å². The Morgan fingerprint density at radius 1 is 1.15 bits per heavy atom. The van der Waals surface area contributed by atoms with Crippen LogP contribution in [0.25, 0.3) is 0 Å². The van der Waals surface area contributed by atoms with Gasteiger partial charge in [-0.25, -0.2) is 4.79 Å². The number of fused-ring (bicyclic) bond motifs is 2. The molecule has 2 unspecified atom stereocenters. The molecule has 26 heavy (non-hydrogen) atoms. The van der Waals surface area contributed by atoms with Crippen molar-refractivity contribution in [2.75, 3.05) is 19.6 Å². The summed E-state index contributed by atoms with van der Waals surface area (Å²) in [5, 5.41) is 5.91. The Morgan fingerprint density at radius 3 is 2.73 bits per heavy atom. The van der Waals surface area contributed by atoms with Crippen LogP contribution in [-0.4, -0.2) is 59.4 Å². The van der Waals surface area contributed by atoms with E-state index in [9.17, 15) is 14.4 Å². The molecule has 2 bridgehead atoms. The molecule has 3 fully saturated rings. The molecule has 3 aliphatic heterocycles. The zero-order valence-electron chi connectivity index (χ0n) is 14.4. The number of nitrogens with one attached hydrogen (secondary N) is 2.